The molecule has 1 aliphatic rings. The number of amides is 1. The molecular formula is C30H29N3O5. The van der Waals surface area contributed by atoms with Crippen LogP contribution in [0.5, 0.6) is 0 Å². The fourth-order valence-corrected chi connectivity index (χ4v) is 5.28. The predicted molar refractivity (Wildman–Crippen MR) is 146 cm³/mol. The largest absolute Gasteiger partial charge is 0.421 e. The number of carbonyl (C=O) groups is 1. The van der Waals surface area contributed by atoms with Crippen LogP contribution in [0.3, 0.4) is 0 Å². The van der Waals surface area contributed by atoms with Crippen LogP contribution in [0.2, 0.25) is 0 Å². The minimum absolute atomic E-state index is 0.0176. The van der Waals surface area contributed by atoms with Crippen LogP contribution in [0.4, 0.5) is 11.4 Å². The maximum Gasteiger partial charge on any atom is 0.367 e. The first-order valence-electron chi connectivity index (χ1n) is 12.9. The summed E-state index contributed by atoms with van der Waals surface area (Å²) in [4.78, 5) is 41.0. The SMILES string of the molecule is O=C(NC1CCCCC1)C(c1ccccc1)N(Cc1ccccc1)c1c([N+](=O)[O-])c2ccccc2oc1=O. The van der Waals surface area contributed by atoms with Crippen molar-refractivity contribution in [1.82, 2.24) is 5.32 Å². The number of para-hydroxylation sites is 1. The van der Waals surface area contributed by atoms with E-state index in [-0.39, 0.29) is 40.8 Å². The normalized spacial score (nSPS) is 14.6. The molecule has 1 aromatic heterocycles. The standard InChI is InChI=1S/C30H29N3O5/c34-29(31-23-16-8-3-9-17-23)26(22-14-6-2-7-15-22)32(20-21-12-4-1-5-13-21)28-27(33(36)37)24-18-10-11-19-25(24)38-30(28)35/h1-2,4-7,10-15,18-19,23,26H,3,8-9,16-17,20H2,(H,31,34). The molecule has 3 aromatic carbocycles. The highest BCUT2D eigenvalue weighted by atomic mass is 16.6. The van der Waals surface area contributed by atoms with Crippen molar-refractivity contribution in [2.75, 3.05) is 4.90 Å². The first kappa shape index (κ1) is 25.2. The Morgan fingerprint density at radius 1 is 0.947 bits per heavy atom. The lowest BCUT2D eigenvalue weighted by molar-refractivity contribution is -0.382. The van der Waals surface area contributed by atoms with Crippen LogP contribution >= 0.6 is 0 Å². The van der Waals surface area contributed by atoms with Crippen LogP contribution in [0, 0.1) is 10.1 Å². The van der Waals surface area contributed by atoms with E-state index in [9.17, 15) is 19.7 Å². The van der Waals surface area contributed by atoms with Crippen molar-refractivity contribution >= 4 is 28.3 Å². The molecule has 8 nitrogen and oxygen atoms in total. The first-order chi connectivity index (χ1) is 18.5. The number of nitro groups is 1. The van der Waals surface area contributed by atoms with E-state index in [4.69, 9.17) is 4.42 Å². The van der Waals surface area contributed by atoms with Crippen LogP contribution in [0.25, 0.3) is 11.0 Å². The van der Waals surface area contributed by atoms with Gasteiger partial charge in [-0.2, -0.15) is 0 Å². The second kappa shape index (κ2) is 11.3. The van der Waals surface area contributed by atoms with Gasteiger partial charge in [-0.05, 0) is 36.1 Å². The molecule has 1 amide bonds. The highest BCUT2D eigenvalue weighted by molar-refractivity contribution is 5.94. The molecule has 0 radical (unpaired) electrons. The van der Waals surface area contributed by atoms with Gasteiger partial charge in [0.05, 0.1) is 10.3 Å². The fourth-order valence-electron chi connectivity index (χ4n) is 5.28. The molecule has 5 rings (SSSR count). The summed E-state index contributed by atoms with van der Waals surface area (Å²) in [7, 11) is 0. The summed E-state index contributed by atoms with van der Waals surface area (Å²) in [6, 6.07) is 23.8. The lowest BCUT2D eigenvalue weighted by Crippen LogP contribution is -2.46. The molecule has 1 aliphatic carbocycles. The van der Waals surface area contributed by atoms with Crippen LogP contribution in [-0.2, 0) is 11.3 Å². The maximum atomic E-state index is 14.0. The van der Waals surface area contributed by atoms with Gasteiger partial charge in [0.1, 0.15) is 11.6 Å². The third-order valence-corrected chi connectivity index (χ3v) is 7.05. The number of carbonyl (C=O) groups excluding carboxylic acids is 1. The number of nitrogens with one attached hydrogen (secondary N) is 1. The van der Waals surface area contributed by atoms with Crippen molar-refractivity contribution in [3.8, 4) is 0 Å². The number of nitrogens with zero attached hydrogens (tertiary/aromatic N) is 2. The van der Waals surface area contributed by atoms with E-state index in [0.29, 0.717) is 5.56 Å². The van der Waals surface area contributed by atoms with Gasteiger partial charge in [-0.15, -0.1) is 0 Å². The van der Waals surface area contributed by atoms with Gasteiger partial charge < -0.3 is 14.6 Å². The Morgan fingerprint density at radius 2 is 1.58 bits per heavy atom. The molecule has 0 spiro atoms. The Labute approximate surface area is 220 Å². The Hall–Kier alpha value is -4.46. The average molecular weight is 512 g/mol. The fraction of sp³-hybridized carbons (Fsp3) is 0.267. The van der Waals surface area contributed by atoms with Crippen LogP contribution in [0.1, 0.15) is 49.3 Å². The summed E-state index contributed by atoms with van der Waals surface area (Å²) in [6.07, 6.45) is 4.97. The van der Waals surface area contributed by atoms with E-state index in [2.05, 4.69) is 5.32 Å². The minimum atomic E-state index is -0.999. The second-order valence-corrected chi connectivity index (χ2v) is 9.61. The number of anilines is 1. The molecule has 1 unspecified atom stereocenters. The number of fused-ring (bicyclic) bond motifs is 1. The lowest BCUT2D eigenvalue weighted by Gasteiger charge is -2.34. The average Bonchev–Trinajstić information content (AvgIpc) is 2.93. The first-order valence-corrected chi connectivity index (χ1v) is 12.9. The zero-order valence-corrected chi connectivity index (χ0v) is 20.9. The molecule has 194 valence electrons. The summed E-state index contributed by atoms with van der Waals surface area (Å²) in [6.45, 7) is 0.0857. The topological polar surface area (TPSA) is 106 Å². The summed E-state index contributed by atoms with van der Waals surface area (Å²) in [5.41, 5.74) is 0.0528. The van der Waals surface area contributed by atoms with Crippen molar-refractivity contribution in [1.29, 1.82) is 0 Å². The van der Waals surface area contributed by atoms with Gasteiger partial charge in [-0.3, -0.25) is 14.9 Å². The molecule has 0 bridgehead atoms. The number of rotatable bonds is 8. The Bertz CT molecular complexity index is 1480. The van der Waals surface area contributed by atoms with E-state index < -0.39 is 16.6 Å². The molecule has 1 atom stereocenters. The maximum absolute atomic E-state index is 14.0. The van der Waals surface area contributed by atoms with E-state index in [1.807, 2.05) is 48.5 Å². The zero-order chi connectivity index (χ0) is 26.5. The lowest BCUT2D eigenvalue weighted by atomic mass is 9.94. The molecular weight excluding hydrogens is 482 g/mol. The van der Waals surface area contributed by atoms with Gasteiger partial charge in [0.15, 0.2) is 0 Å². The number of hydrogen-bond donors (Lipinski definition) is 1. The summed E-state index contributed by atoms with van der Waals surface area (Å²) < 4.78 is 5.58. The third kappa shape index (κ3) is 5.29. The number of hydrogen-bond acceptors (Lipinski definition) is 6. The van der Waals surface area contributed by atoms with Gasteiger partial charge >= 0.3 is 11.3 Å². The summed E-state index contributed by atoms with van der Waals surface area (Å²) >= 11 is 0. The monoisotopic (exact) mass is 511 g/mol. The second-order valence-electron chi connectivity index (χ2n) is 9.61. The van der Waals surface area contributed by atoms with Crippen molar-refractivity contribution < 1.29 is 14.1 Å². The molecule has 1 heterocycles. The van der Waals surface area contributed by atoms with E-state index in [0.717, 1.165) is 37.7 Å². The molecule has 4 aromatic rings. The van der Waals surface area contributed by atoms with E-state index >= 15 is 0 Å². The van der Waals surface area contributed by atoms with Gasteiger partial charge in [-0.1, -0.05) is 92.1 Å². The van der Waals surface area contributed by atoms with Crippen LogP contribution in [-0.4, -0.2) is 16.9 Å². The minimum Gasteiger partial charge on any atom is -0.421 e. The van der Waals surface area contributed by atoms with Crippen molar-refractivity contribution in [2.45, 2.75) is 50.7 Å². The highest BCUT2D eigenvalue weighted by Gasteiger charge is 2.37. The van der Waals surface area contributed by atoms with E-state index in [1.54, 1.807) is 30.3 Å². The quantitative estimate of drug-likeness (QED) is 0.179. The van der Waals surface area contributed by atoms with Crippen molar-refractivity contribution in [3.63, 3.8) is 0 Å². The predicted octanol–water partition coefficient (Wildman–Crippen LogP) is 5.90. The van der Waals surface area contributed by atoms with Gasteiger partial charge in [0.2, 0.25) is 11.6 Å². The molecule has 0 saturated heterocycles. The molecule has 0 aliphatic heterocycles. The van der Waals surface area contributed by atoms with E-state index in [1.165, 1.54) is 11.0 Å². The molecule has 1 fully saturated rings. The summed E-state index contributed by atoms with van der Waals surface area (Å²) in [5, 5.41) is 15.9. The number of benzene rings is 3. The molecule has 1 saturated carbocycles. The van der Waals surface area contributed by atoms with Gasteiger partial charge in [0, 0.05) is 12.6 Å². The Kier molecular flexibility index (Phi) is 7.49. The Balaban J connectivity index is 1.71. The zero-order valence-electron chi connectivity index (χ0n) is 20.9. The summed E-state index contributed by atoms with van der Waals surface area (Å²) in [5.74, 6) is -0.305. The highest BCUT2D eigenvalue weighted by Crippen LogP contribution is 2.38. The molecule has 8 heteroatoms. The van der Waals surface area contributed by atoms with Gasteiger partial charge in [0.25, 0.3) is 0 Å². The Morgan fingerprint density at radius 3 is 2.26 bits per heavy atom. The van der Waals surface area contributed by atoms with Crippen LogP contribution < -0.4 is 15.8 Å². The third-order valence-electron chi connectivity index (χ3n) is 7.05. The molecule has 1 N–H and O–H groups in total. The molecule has 38 heavy (non-hydrogen) atoms. The van der Waals surface area contributed by atoms with Crippen molar-refractivity contribution in [2.24, 2.45) is 0 Å². The van der Waals surface area contributed by atoms with Crippen LogP contribution in [0.15, 0.2) is 94.1 Å². The van der Waals surface area contributed by atoms with Gasteiger partial charge in [-0.25, -0.2) is 4.79 Å². The smallest absolute Gasteiger partial charge is 0.367 e. The van der Waals surface area contributed by atoms with Crippen molar-refractivity contribution in [3.05, 3.63) is 117 Å².